The molecule has 8 N–H and O–H groups in total. The maximum atomic E-state index is 13.1. The SMILES string of the molecule is NC(N)=Nc1ccc(C[C@H](N)C(=O)N[C@@H](CCC2CCCCC2)C(=O)NCc2ccc(C(F)(F)F)cc2)cc1. The van der Waals surface area contributed by atoms with E-state index in [2.05, 4.69) is 15.6 Å². The van der Waals surface area contributed by atoms with Crippen LogP contribution in [0.2, 0.25) is 0 Å². The van der Waals surface area contributed by atoms with Crippen molar-refractivity contribution in [2.45, 2.75) is 76.2 Å². The lowest BCUT2D eigenvalue weighted by atomic mass is 9.85. The van der Waals surface area contributed by atoms with Crippen molar-refractivity contribution < 1.29 is 22.8 Å². The van der Waals surface area contributed by atoms with Gasteiger partial charge < -0.3 is 27.8 Å². The number of nitrogens with one attached hydrogen (secondary N) is 2. The average molecular weight is 547 g/mol. The Bertz CT molecular complexity index is 1110. The Morgan fingerprint density at radius 3 is 2.13 bits per heavy atom. The normalized spacial score (nSPS) is 15.7. The van der Waals surface area contributed by atoms with Gasteiger partial charge in [0.15, 0.2) is 5.96 Å². The lowest BCUT2D eigenvalue weighted by Crippen LogP contribution is -2.52. The second kappa shape index (κ2) is 14.0. The van der Waals surface area contributed by atoms with Crippen LogP contribution in [0.15, 0.2) is 53.5 Å². The summed E-state index contributed by atoms with van der Waals surface area (Å²) in [6, 6.07) is 9.88. The van der Waals surface area contributed by atoms with Crippen LogP contribution < -0.4 is 27.8 Å². The van der Waals surface area contributed by atoms with Crippen LogP contribution in [0, 0.1) is 5.92 Å². The van der Waals surface area contributed by atoms with Crippen molar-refractivity contribution in [1.29, 1.82) is 0 Å². The standard InChI is InChI=1S/C28H37F3N6O2/c29-28(30,31)21-11-6-20(7-12-21)17-35-26(39)24(15-10-18-4-2-1-3-5-18)37-25(38)23(32)16-19-8-13-22(14-9-19)36-27(33)34/h6-9,11-14,18,23-24H,1-5,10,15-17,32H2,(H,35,39)(H,37,38)(H4,33,34,36)/t23-,24-/m0/s1. The summed E-state index contributed by atoms with van der Waals surface area (Å²) in [4.78, 5) is 30.0. The minimum Gasteiger partial charge on any atom is -0.370 e. The molecule has 2 aromatic carbocycles. The van der Waals surface area contributed by atoms with Crippen LogP contribution in [-0.2, 0) is 28.7 Å². The van der Waals surface area contributed by atoms with Gasteiger partial charge in [0, 0.05) is 6.54 Å². The van der Waals surface area contributed by atoms with Crippen molar-refractivity contribution in [3.05, 3.63) is 65.2 Å². The van der Waals surface area contributed by atoms with Crippen LogP contribution in [0.25, 0.3) is 0 Å². The number of carbonyl (C=O) groups excluding carboxylic acids is 2. The predicted octanol–water partition coefficient (Wildman–Crippen LogP) is 3.64. The van der Waals surface area contributed by atoms with Crippen molar-refractivity contribution in [3.8, 4) is 0 Å². The largest absolute Gasteiger partial charge is 0.416 e. The van der Waals surface area contributed by atoms with Crippen LogP contribution in [0.3, 0.4) is 0 Å². The molecule has 1 saturated carbocycles. The maximum Gasteiger partial charge on any atom is 0.416 e. The Morgan fingerprint density at radius 1 is 0.923 bits per heavy atom. The molecule has 0 radical (unpaired) electrons. The summed E-state index contributed by atoms with van der Waals surface area (Å²) in [6.07, 6.45) is 2.80. The molecule has 0 aliphatic heterocycles. The second-order valence-electron chi connectivity index (χ2n) is 10.1. The lowest BCUT2D eigenvalue weighted by molar-refractivity contribution is -0.137. The minimum atomic E-state index is -4.43. The van der Waals surface area contributed by atoms with E-state index in [1.54, 1.807) is 24.3 Å². The van der Waals surface area contributed by atoms with Gasteiger partial charge in [-0.05, 0) is 60.6 Å². The zero-order valence-electron chi connectivity index (χ0n) is 21.8. The topological polar surface area (TPSA) is 149 Å². The summed E-state index contributed by atoms with van der Waals surface area (Å²) < 4.78 is 38.5. The third kappa shape index (κ3) is 9.90. The van der Waals surface area contributed by atoms with Gasteiger partial charge in [-0.15, -0.1) is 0 Å². The lowest BCUT2D eigenvalue weighted by Gasteiger charge is -2.25. The molecule has 3 rings (SSSR count). The average Bonchev–Trinajstić information content (AvgIpc) is 2.90. The Morgan fingerprint density at radius 2 is 1.54 bits per heavy atom. The van der Waals surface area contributed by atoms with E-state index in [0.29, 0.717) is 23.6 Å². The molecule has 2 amide bonds. The van der Waals surface area contributed by atoms with E-state index in [-0.39, 0.29) is 18.9 Å². The molecule has 1 aliphatic carbocycles. The Labute approximate surface area is 226 Å². The van der Waals surface area contributed by atoms with Crippen LogP contribution >= 0.6 is 0 Å². The highest BCUT2D eigenvalue weighted by atomic mass is 19.4. The fraction of sp³-hybridized carbons (Fsp3) is 0.464. The molecule has 1 fully saturated rings. The van der Waals surface area contributed by atoms with Crippen molar-refractivity contribution in [2.24, 2.45) is 28.1 Å². The Hall–Kier alpha value is -3.60. The Kier molecular flexibility index (Phi) is 10.7. The molecule has 2 aromatic rings. The number of nitrogens with zero attached hydrogens (tertiary/aromatic N) is 1. The van der Waals surface area contributed by atoms with E-state index in [1.807, 2.05) is 0 Å². The number of amides is 2. The van der Waals surface area contributed by atoms with E-state index in [4.69, 9.17) is 17.2 Å². The summed E-state index contributed by atoms with van der Waals surface area (Å²) in [7, 11) is 0. The number of halogens is 3. The van der Waals surface area contributed by atoms with E-state index >= 15 is 0 Å². The molecule has 2 atom stereocenters. The second-order valence-corrected chi connectivity index (χ2v) is 10.1. The third-order valence-corrected chi connectivity index (χ3v) is 6.96. The smallest absolute Gasteiger partial charge is 0.370 e. The molecule has 212 valence electrons. The van der Waals surface area contributed by atoms with Crippen LogP contribution in [-0.4, -0.2) is 29.9 Å². The van der Waals surface area contributed by atoms with Gasteiger partial charge in [0.05, 0.1) is 17.3 Å². The number of carbonyl (C=O) groups is 2. The highest BCUT2D eigenvalue weighted by Crippen LogP contribution is 2.29. The monoisotopic (exact) mass is 546 g/mol. The van der Waals surface area contributed by atoms with Crippen LogP contribution in [0.1, 0.15) is 61.6 Å². The fourth-order valence-corrected chi connectivity index (χ4v) is 4.75. The Balaban J connectivity index is 1.60. The number of alkyl halides is 3. The predicted molar refractivity (Wildman–Crippen MR) is 145 cm³/mol. The van der Waals surface area contributed by atoms with Crippen molar-refractivity contribution in [3.63, 3.8) is 0 Å². The number of rotatable bonds is 11. The zero-order chi connectivity index (χ0) is 28.4. The molecule has 0 spiro atoms. The van der Waals surface area contributed by atoms with E-state index in [9.17, 15) is 22.8 Å². The van der Waals surface area contributed by atoms with Gasteiger partial charge >= 0.3 is 6.18 Å². The van der Waals surface area contributed by atoms with Crippen molar-refractivity contribution in [2.75, 3.05) is 0 Å². The molecule has 0 aromatic heterocycles. The zero-order valence-corrected chi connectivity index (χ0v) is 21.8. The molecule has 39 heavy (non-hydrogen) atoms. The third-order valence-electron chi connectivity index (χ3n) is 6.96. The minimum absolute atomic E-state index is 0.0426. The highest BCUT2D eigenvalue weighted by molar-refractivity contribution is 5.89. The summed E-state index contributed by atoms with van der Waals surface area (Å²) in [5.74, 6) is -0.414. The first-order valence-electron chi connectivity index (χ1n) is 13.2. The first kappa shape index (κ1) is 29.9. The summed E-state index contributed by atoms with van der Waals surface area (Å²) in [6.45, 7) is 0.0426. The quantitative estimate of drug-likeness (QED) is 0.216. The molecule has 0 heterocycles. The van der Waals surface area contributed by atoms with Gasteiger partial charge in [-0.3, -0.25) is 9.59 Å². The molecular formula is C28H37F3N6O2. The number of nitrogens with two attached hydrogens (primary N) is 3. The van der Waals surface area contributed by atoms with E-state index in [0.717, 1.165) is 49.8 Å². The van der Waals surface area contributed by atoms with E-state index in [1.165, 1.54) is 18.6 Å². The first-order valence-corrected chi connectivity index (χ1v) is 13.2. The summed E-state index contributed by atoms with van der Waals surface area (Å²) >= 11 is 0. The van der Waals surface area contributed by atoms with E-state index < -0.39 is 35.6 Å². The molecule has 8 nitrogen and oxygen atoms in total. The molecular weight excluding hydrogens is 509 g/mol. The number of guanidine groups is 1. The summed E-state index contributed by atoms with van der Waals surface area (Å²) in [5.41, 5.74) is 18.1. The number of hydrogen-bond donors (Lipinski definition) is 5. The van der Waals surface area contributed by atoms with Crippen molar-refractivity contribution >= 4 is 23.5 Å². The van der Waals surface area contributed by atoms with Gasteiger partial charge in [0.25, 0.3) is 0 Å². The van der Waals surface area contributed by atoms with Crippen LogP contribution in [0.5, 0.6) is 0 Å². The molecule has 0 bridgehead atoms. The number of hydrogen-bond acceptors (Lipinski definition) is 4. The summed E-state index contributed by atoms with van der Waals surface area (Å²) in [5, 5.41) is 5.55. The molecule has 1 aliphatic rings. The first-order chi connectivity index (χ1) is 18.5. The van der Waals surface area contributed by atoms with Gasteiger partial charge in [-0.2, -0.15) is 13.2 Å². The molecule has 11 heteroatoms. The number of benzene rings is 2. The number of aliphatic imine (C=N–C) groups is 1. The van der Waals surface area contributed by atoms with Gasteiger partial charge in [-0.25, -0.2) is 4.99 Å². The van der Waals surface area contributed by atoms with Gasteiger partial charge in [-0.1, -0.05) is 56.4 Å². The van der Waals surface area contributed by atoms with Crippen LogP contribution in [0.4, 0.5) is 18.9 Å². The van der Waals surface area contributed by atoms with Gasteiger partial charge in [0.2, 0.25) is 11.8 Å². The molecule has 0 saturated heterocycles. The maximum absolute atomic E-state index is 13.1. The van der Waals surface area contributed by atoms with Crippen molar-refractivity contribution in [1.82, 2.24) is 10.6 Å². The highest BCUT2D eigenvalue weighted by Gasteiger charge is 2.30. The molecule has 0 unspecified atom stereocenters. The van der Waals surface area contributed by atoms with Gasteiger partial charge in [0.1, 0.15) is 6.04 Å². The fourth-order valence-electron chi connectivity index (χ4n) is 4.75.